The van der Waals surface area contributed by atoms with Crippen molar-refractivity contribution in [1.29, 1.82) is 0 Å². The summed E-state index contributed by atoms with van der Waals surface area (Å²) in [4.78, 5) is 44.3. The van der Waals surface area contributed by atoms with Crippen molar-refractivity contribution < 1.29 is 19.5 Å². The zero-order valence-corrected chi connectivity index (χ0v) is 30.8. The zero-order valence-electron chi connectivity index (χ0n) is 26.9. The fourth-order valence-electron chi connectivity index (χ4n) is 6.71. The minimum atomic E-state index is -1.83. The summed E-state index contributed by atoms with van der Waals surface area (Å²) >= 11 is 0. The molecule has 4 atom stereocenters. The fourth-order valence-corrected chi connectivity index (χ4v) is 6.71. The molecule has 220 valence electrons. The molecule has 1 fully saturated rings. The Labute approximate surface area is 263 Å². The number of aliphatic hydroxyl groups excluding tert-OH is 1. The summed E-state index contributed by atoms with van der Waals surface area (Å²) < 4.78 is 0. The Kier molecular flexibility index (Phi) is 12.8. The minimum absolute atomic E-state index is 0. The molecular formula is C35H52O4Pb. The Hall–Kier alpha value is -1.57. The van der Waals surface area contributed by atoms with E-state index in [1.165, 1.54) is 5.57 Å². The molecule has 0 unspecified atom stereocenters. The van der Waals surface area contributed by atoms with Crippen molar-refractivity contribution in [2.45, 2.75) is 115 Å². The molecular weight excluding hydrogens is 692 g/mol. The van der Waals surface area contributed by atoms with E-state index in [4.69, 9.17) is 0 Å². The van der Waals surface area contributed by atoms with E-state index in [2.05, 4.69) is 12.2 Å². The third-order valence-corrected chi connectivity index (χ3v) is 8.98. The van der Waals surface area contributed by atoms with E-state index in [-0.39, 0.29) is 69.0 Å². The summed E-state index contributed by atoms with van der Waals surface area (Å²) in [5, 5.41) is 11.9. The summed E-state index contributed by atoms with van der Waals surface area (Å²) in [7, 11) is 0. The molecule has 2 aliphatic carbocycles. The first-order valence-corrected chi connectivity index (χ1v) is 14.6. The zero-order chi connectivity index (χ0) is 29.9. The molecule has 2 aliphatic rings. The molecule has 1 saturated carbocycles. The van der Waals surface area contributed by atoms with Crippen molar-refractivity contribution in [2.75, 3.05) is 0 Å². The van der Waals surface area contributed by atoms with Crippen LogP contribution in [0.3, 0.4) is 0 Å². The van der Waals surface area contributed by atoms with Gasteiger partial charge in [0.05, 0.1) is 5.41 Å². The van der Waals surface area contributed by atoms with E-state index in [0.717, 1.165) is 16.7 Å². The van der Waals surface area contributed by atoms with Crippen molar-refractivity contribution in [1.82, 2.24) is 0 Å². The Bertz CT molecular complexity index is 1150. The molecule has 2 rings (SSSR count). The maximum atomic E-state index is 15.0. The molecule has 4 radical (unpaired) electrons. The smallest absolute Gasteiger partial charge is 0.184 e. The quantitative estimate of drug-likeness (QED) is 0.131. The third kappa shape index (κ3) is 6.57. The number of allylic oxidation sites excluding steroid dienone is 10. The van der Waals surface area contributed by atoms with Crippen molar-refractivity contribution in [2.24, 2.45) is 28.1 Å². The van der Waals surface area contributed by atoms with E-state index in [0.29, 0.717) is 25.7 Å². The molecule has 0 saturated heterocycles. The number of fused-ring (bicyclic) bond motifs is 2. The second-order valence-electron chi connectivity index (χ2n) is 13.5. The Morgan fingerprint density at radius 1 is 0.900 bits per heavy atom. The molecule has 40 heavy (non-hydrogen) atoms. The molecule has 0 aromatic carbocycles. The van der Waals surface area contributed by atoms with Gasteiger partial charge in [-0.05, 0) is 105 Å². The number of carbonyl (C=O) groups excluding carboxylic acids is 3. The number of rotatable bonds is 11. The van der Waals surface area contributed by atoms with Crippen LogP contribution in [0.5, 0.6) is 0 Å². The molecule has 0 aromatic rings. The predicted octanol–water partition coefficient (Wildman–Crippen LogP) is 8.61. The molecule has 0 heterocycles. The monoisotopic (exact) mass is 744 g/mol. The van der Waals surface area contributed by atoms with Gasteiger partial charge in [0.25, 0.3) is 0 Å². The third-order valence-electron chi connectivity index (χ3n) is 8.98. The molecule has 1 N–H and O–H groups in total. The number of Topliss-reactive ketones (excluding diaryl/α,β-unsaturated/α-hetero) is 3. The summed E-state index contributed by atoms with van der Waals surface area (Å²) in [6.45, 7) is 21.6. The molecule has 0 aromatic heterocycles. The summed E-state index contributed by atoms with van der Waals surface area (Å²) in [5.41, 5.74) is 0.583. The van der Waals surface area contributed by atoms with Crippen LogP contribution in [0.1, 0.15) is 115 Å². The van der Waals surface area contributed by atoms with E-state index >= 15 is 0 Å². The van der Waals surface area contributed by atoms with Gasteiger partial charge in [-0.2, -0.15) is 0 Å². The number of hydrogen-bond donors (Lipinski definition) is 1. The normalized spacial score (nSPS) is 27.6. The van der Waals surface area contributed by atoms with E-state index in [1.54, 1.807) is 13.8 Å². The average Bonchev–Trinajstić information content (AvgIpc) is 2.81. The van der Waals surface area contributed by atoms with Gasteiger partial charge in [-0.3, -0.25) is 14.4 Å². The SMILES string of the molecule is CC(C)=CCC[C@]1(C)[C@@H](CC=C(C)C)C[C@@]2(CC=C(C)C)C(=O)[C@]1(C(=O)C(C)C)C(=O)C(CC=C(C)C)=C2O.[Pb]. The number of ketones is 3. The summed E-state index contributed by atoms with van der Waals surface area (Å²) in [6, 6.07) is 0. The van der Waals surface area contributed by atoms with Gasteiger partial charge in [-0.25, -0.2) is 0 Å². The van der Waals surface area contributed by atoms with Crippen LogP contribution < -0.4 is 0 Å². The van der Waals surface area contributed by atoms with E-state index in [1.807, 2.05) is 74.5 Å². The second kappa shape index (κ2) is 14.1. The molecule has 2 bridgehead atoms. The van der Waals surface area contributed by atoms with Gasteiger partial charge in [0, 0.05) is 38.8 Å². The molecule has 0 spiro atoms. The molecule has 0 amide bonds. The minimum Gasteiger partial charge on any atom is -0.511 e. The van der Waals surface area contributed by atoms with Crippen LogP contribution in [0.15, 0.2) is 57.9 Å². The summed E-state index contributed by atoms with van der Waals surface area (Å²) in [6.07, 6.45) is 11.0. The second-order valence-corrected chi connectivity index (χ2v) is 13.5. The van der Waals surface area contributed by atoms with Gasteiger partial charge in [0.1, 0.15) is 5.76 Å². The molecule has 5 heteroatoms. The Morgan fingerprint density at radius 3 is 1.90 bits per heavy atom. The van der Waals surface area contributed by atoms with E-state index < -0.39 is 27.9 Å². The van der Waals surface area contributed by atoms with Crippen LogP contribution >= 0.6 is 0 Å². The number of aliphatic hydroxyl groups is 1. The molecule has 4 nitrogen and oxygen atoms in total. The van der Waals surface area contributed by atoms with Crippen molar-refractivity contribution in [3.63, 3.8) is 0 Å². The largest absolute Gasteiger partial charge is 0.511 e. The Balaban J connectivity index is 0.00000800. The Morgan fingerprint density at radius 2 is 1.43 bits per heavy atom. The van der Waals surface area contributed by atoms with Crippen molar-refractivity contribution >= 4 is 44.6 Å². The summed E-state index contributed by atoms with van der Waals surface area (Å²) in [5.74, 6) is -1.93. The maximum absolute atomic E-state index is 15.0. The van der Waals surface area contributed by atoms with Gasteiger partial charge < -0.3 is 5.11 Å². The van der Waals surface area contributed by atoms with Crippen molar-refractivity contribution in [3.05, 3.63) is 57.9 Å². The number of carbonyl (C=O) groups is 3. The van der Waals surface area contributed by atoms with E-state index in [9.17, 15) is 19.5 Å². The van der Waals surface area contributed by atoms with Crippen molar-refractivity contribution in [3.8, 4) is 0 Å². The predicted molar refractivity (Wildman–Crippen MR) is 167 cm³/mol. The van der Waals surface area contributed by atoms with Crippen LogP contribution in [-0.4, -0.2) is 49.8 Å². The van der Waals surface area contributed by atoms with Crippen LogP contribution in [-0.2, 0) is 14.4 Å². The van der Waals surface area contributed by atoms with Crippen LogP contribution in [0.4, 0.5) is 0 Å². The van der Waals surface area contributed by atoms with Gasteiger partial charge >= 0.3 is 0 Å². The fraction of sp³-hybridized carbons (Fsp3) is 0.629. The topological polar surface area (TPSA) is 71.4 Å². The van der Waals surface area contributed by atoms with Gasteiger partial charge in [-0.15, -0.1) is 0 Å². The first-order chi connectivity index (χ1) is 18.0. The number of hydrogen-bond acceptors (Lipinski definition) is 4. The van der Waals surface area contributed by atoms with Gasteiger partial charge in [0.2, 0.25) is 0 Å². The van der Waals surface area contributed by atoms with Gasteiger partial charge in [-0.1, -0.05) is 67.4 Å². The van der Waals surface area contributed by atoms with Crippen LogP contribution in [0.2, 0.25) is 0 Å². The van der Waals surface area contributed by atoms with Crippen LogP contribution in [0, 0.1) is 28.1 Å². The van der Waals surface area contributed by atoms with Crippen LogP contribution in [0.25, 0.3) is 0 Å². The molecule has 0 aliphatic heterocycles. The maximum Gasteiger partial charge on any atom is 0.184 e. The first kappa shape index (κ1) is 36.5. The standard InChI is InChI=1S/C35H52O4.Pb/c1-22(2)13-12-19-33(11)27(16-14-23(3)4)21-34(20-18-25(7)8)30(37)28(17-15-24(5)6)31(38)35(33,32(34)39)29(36)26(9)10;/h13-15,18,26-27,37H,12,16-17,19-21H2,1-11H3;/t27-,33+,34+,35-;/m0./s1. The average molecular weight is 744 g/mol. The first-order valence-electron chi connectivity index (χ1n) is 14.6. The van der Waals surface area contributed by atoms with Gasteiger partial charge in [0.15, 0.2) is 22.8 Å².